The van der Waals surface area contributed by atoms with Crippen LogP contribution < -0.4 is 15.4 Å². The highest BCUT2D eigenvalue weighted by Gasteiger charge is 2.80. The Bertz CT molecular complexity index is 1830. The van der Waals surface area contributed by atoms with Gasteiger partial charge in [-0.3, -0.25) is 14.4 Å². The standard InChI is InChI=1S/C38H39N3O6/c1-4-46-29-18-16-27(17-19-29)39-34(43)31-32-36(45)41(30(22-42)25-11-6-5-7-12-25)33(38(32)21-23(2)37(31,3)47-38)35(44)40-28-15-14-24-10-8-9-13-26(24)20-28/h5-20,23,30-33,42H,4,21-22H2,1-3H3,(H,39,43)(H,40,44)/t23?,30-,31+,32+,33?,37-,38?/m1/s1. The highest BCUT2D eigenvalue weighted by molar-refractivity contribution is 6.06. The van der Waals surface area contributed by atoms with Gasteiger partial charge in [-0.2, -0.15) is 0 Å². The maximum absolute atomic E-state index is 14.8. The van der Waals surface area contributed by atoms with Crippen molar-refractivity contribution in [2.75, 3.05) is 23.8 Å². The van der Waals surface area contributed by atoms with E-state index in [0.717, 1.165) is 10.8 Å². The minimum absolute atomic E-state index is 0.136. The third-order valence-electron chi connectivity index (χ3n) is 10.4. The molecule has 47 heavy (non-hydrogen) atoms. The second-order valence-corrected chi connectivity index (χ2v) is 13.1. The van der Waals surface area contributed by atoms with Crippen molar-refractivity contribution in [1.82, 2.24) is 4.90 Å². The van der Waals surface area contributed by atoms with Crippen molar-refractivity contribution in [2.24, 2.45) is 17.8 Å². The Kier molecular flexibility index (Phi) is 7.77. The van der Waals surface area contributed by atoms with E-state index in [4.69, 9.17) is 9.47 Å². The average Bonchev–Trinajstić information content (AvgIpc) is 3.59. The predicted molar refractivity (Wildman–Crippen MR) is 179 cm³/mol. The molecule has 4 aromatic carbocycles. The van der Waals surface area contributed by atoms with Crippen molar-refractivity contribution < 1.29 is 29.0 Å². The number of likely N-dealkylation sites (tertiary alicyclic amines) is 1. The van der Waals surface area contributed by atoms with Gasteiger partial charge in [0.25, 0.3) is 0 Å². The molecule has 4 aromatic rings. The summed E-state index contributed by atoms with van der Waals surface area (Å²) >= 11 is 0. The van der Waals surface area contributed by atoms with Gasteiger partial charge in [0.05, 0.1) is 36.7 Å². The molecule has 9 nitrogen and oxygen atoms in total. The number of fused-ring (bicyclic) bond motifs is 2. The molecule has 3 saturated heterocycles. The van der Waals surface area contributed by atoms with Gasteiger partial charge >= 0.3 is 0 Å². The van der Waals surface area contributed by atoms with E-state index in [1.807, 2.05) is 93.6 Å². The van der Waals surface area contributed by atoms with Crippen molar-refractivity contribution >= 4 is 39.9 Å². The number of amides is 3. The minimum Gasteiger partial charge on any atom is -0.494 e. The first kappa shape index (κ1) is 30.9. The molecule has 0 aromatic heterocycles. The van der Waals surface area contributed by atoms with Crippen molar-refractivity contribution in [3.63, 3.8) is 0 Å². The fourth-order valence-electron chi connectivity index (χ4n) is 8.24. The summed E-state index contributed by atoms with van der Waals surface area (Å²) in [5.74, 6) is -2.41. The van der Waals surface area contributed by atoms with Crippen LogP contribution in [0, 0.1) is 17.8 Å². The minimum atomic E-state index is -1.28. The molecule has 3 fully saturated rings. The van der Waals surface area contributed by atoms with Crippen LogP contribution in [0.2, 0.25) is 0 Å². The van der Waals surface area contributed by atoms with Gasteiger partial charge in [0, 0.05) is 11.4 Å². The number of anilines is 2. The lowest BCUT2D eigenvalue weighted by molar-refractivity contribution is -0.148. The zero-order valence-corrected chi connectivity index (χ0v) is 26.7. The third-order valence-corrected chi connectivity index (χ3v) is 10.4. The summed E-state index contributed by atoms with van der Waals surface area (Å²) in [6.45, 7) is 5.91. The Balaban J connectivity index is 1.28. The molecule has 3 aliphatic heterocycles. The van der Waals surface area contributed by atoms with Crippen molar-refractivity contribution in [1.29, 1.82) is 0 Å². The van der Waals surface area contributed by atoms with Crippen molar-refractivity contribution in [3.8, 4) is 5.75 Å². The number of carbonyl (C=O) groups excluding carboxylic acids is 3. The molecule has 0 saturated carbocycles. The molecule has 7 atom stereocenters. The van der Waals surface area contributed by atoms with Crippen LogP contribution in [0.1, 0.15) is 38.8 Å². The Labute approximate surface area is 273 Å². The molecule has 242 valence electrons. The topological polar surface area (TPSA) is 117 Å². The fourth-order valence-corrected chi connectivity index (χ4v) is 8.24. The first-order valence-electron chi connectivity index (χ1n) is 16.2. The van der Waals surface area contributed by atoms with Crippen LogP contribution in [0.5, 0.6) is 5.75 Å². The molecule has 3 N–H and O–H groups in total. The van der Waals surface area contributed by atoms with Gasteiger partial charge in [0.15, 0.2) is 0 Å². The SMILES string of the molecule is CCOc1ccc(NC(=O)[C@@H]2[C@H]3C(=O)N([C@H](CO)c4ccccc4)C(C(=O)Nc4ccc5ccccc5c4)C34CC(C)[C@@]2(C)O4)cc1. The lowest BCUT2D eigenvalue weighted by Crippen LogP contribution is -2.54. The van der Waals surface area contributed by atoms with E-state index in [9.17, 15) is 19.5 Å². The number of nitrogens with zero attached hydrogens (tertiary/aromatic N) is 1. The largest absolute Gasteiger partial charge is 0.494 e. The number of aliphatic hydroxyl groups is 1. The van der Waals surface area contributed by atoms with Gasteiger partial charge in [-0.05, 0) is 78.9 Å². The molecule has 2 bridgehead atoms. The first-order chi connectivity index (χ1) is 22.7. The quantitative estimate of drug-likeness (QED) is 0.222. The number of ether oxygens (including phenoxy) is 2. The normalized spacial score (nSPS) is 28.3. The molecule has 0 radical (unpaired) electrons. The maximum atomic E-state index is 14.8. The van der Waals surface area contributed by atoms with Gasteiger partial charge < -0.3 is 30.1 Å². The zero-order valence-electron chi connectivity index (χ0n) is 26.7. The molecule has 7 rings (SSSR count). The van der Waals surface area contributed by atoms with Crippen LogP contribution in [0.15, 0.2) is 97.1 Å². The number of hydrogen-bond donors (Lipinski definition) is 3. The van der Waals surface area contributed by atoms with Crippen LogP contribution in [0.4, 0.5) is 11.4 Å². The van der Waals surface area contributed by atoms with E-state index in [2.05, 4.69) is 10.6 Å². The van der Waals surface area contributed by atoms with Crippen molar-refractivity contribution in [2.45, 2.75) is 50.5 Å². The van der Waals surface area contributed by atoms with Crippen LogP contribution in [0.25, 0.3) is 10.8 Å². The number of carbonyl (C=O) groups is 3. The zero-order chi connectivity index (χ0) is 32.9. The second-order valence-electron chi connectivity index (χ2n) is 13.1. The molecule has 0 aliphatic carbocycles. The van der Waals surface area contributed by atoms with Gasteiger partial charge in [-0.25, -0.2) is 0 Å². The lowest BCUT2D eigenvalue weighted by Gasteiger charge is -2.37. The van der Waals surface area contributed by atoms with E-state index < -0.39 is 47.6 Å². The predicted octanol–water partition coefficient (Wildman–Crippen LogP) is 5.56. The Morgan fingerprint density at radius 3 is 2.30 bits per heavy atom. The van der Waals surface area contributed by atoms with Gasteiger partial charge in [0.2, 0.25) is 17.7 Å². The number of aliphatic hydroxyl groups excluding tert-OH is 1. The Morgan fingerprint density at radius 1 is 0.936 bits per heavy atom. The van der Waals surface area contributed by atoms with E-state index in [-0.39, 0.29) is 17.7 Å². The van der Waals surface area contributed by atoms with E-state index >= 15 is 0 Å². The smallest absolute Gasteiger partial charge is 0.250 e. The van der Waals surface area contributed by atoms with Crippen LogP contribution in [0.3, 0.4) is 0 Å². The average molecular weight is 634 g/mol. The van der Waals surface area contributed by atoms with Gasteiger partial charge in [-0.1, -0.05) is 67.6 Å². The van der Waals surface area contributed by atoms with Crippen LogP contribution in [-0.4, -0.2) is 58.2 Å². The number of hydrogen-bond acceptors (Lipinski definition) is 6. The summed E-state index contributed by atoms with van der Waals surface area (Å²) in [5.41, 5.74) is -0.443. The summed E-state index contributed by atoms with van der Waals surface area (Å²) < 4.78 is 12.4. The highest BCUT2D eigenvalue weighted by atomic mass is 16.5. The Hall–Kier alpha value is -4.73. The van der Waals surface area contributed by atoms with Crippen molar-refractivity contribution in [3.05, 3.63) is 103 Å². The van der Waals surface area contributed by atoms with E-state index in [0.29, 0.717) is 35.7 Å². The molecular formula is C38H39N3O6. The molecule has 3 aliphatic rings. The number of rotatable bonds is 9. The fraction of sp³-hybridized carbons (Fsp3) is 0.342. The summed E-state index contributed by atoms with van der Waals surface area (Å²) in [5, 5.41) is 18.8. The molecule has 3 heterocycles. The van der Waals surface area contributed by atoms with Crippen LogP contribution in [-0.2, 0) is 19.1 Å². The molecule has 3 amide bonds. The van der Waals surface area contributed by atoms with Gasteiger partial charge in [0.1, 0.15) is 17.4 Å². The molecular weight excluding hydrogens is 594 g/mol. The van der Waals surface area contributed by atoms with E-state index in [1.54, 1.807) is 24.3 Å². The summed E-state index contributed by atoms with van der Waals surface area (Å²) in [6.07, 6.45) is 0.409. The first-order valence-corrected chi connectivity index (χ1v) is 16.2. The number of nitrogens with one attached hydrogen (secondary N) is 2. The summed E-state index contributed by atoms with van der Waals surface area (Å²) in [7, 11) is 0. The summed E-state index contributed by atoms with van der Waals surface area (Å²) in [6, 6.07) is 27.9. The monoisotopic (exact) mass is 633 g/mol. The highest BCUT2D eigenvalue weighted by Crippen LogP contribution is 2.66. The third kappa shape index (κ3) is 4.96. The van der Waals surface area contributed by atoms with E-state index in [1.165, 1.54) is 4.90 Å². The molecule has 1 spiro atoms. The maximum Gasteiger partial charge on any atom is 0.250 e. The second kappa shape index (κ2) is 11.8. The van der Waals surface area contributed by atoms with Crippen LogP contribution >= 0.6 is 0 Å². The summed E-state index contributed by atoms with van der Waals surface area (Å²) in [4.78, 5) is 45.0. The lowest BCUT2D eigenvalue weighted by atomic mass is 9.62. The molecule has 3 unspecified atom stereocenters. The number of benzene rings is 4. The molecule has 9 heteroatoms. The Morgan fingerprint density at radius 2 is 1.60 bits per heavy atom. The van der Waals surface area contributed by atoms with Gasteiger partial charge in [-0.15, -0.1) is 0 Å².